The average molecular weight is 609 g/mol. The van der Waals surface area contributed by atoms with Crippen LogP contribution in [0.1, 0.15) is 70.7 Å². The SMILES string of the molecule is CCOC(=O)C1(C(=O)OCC)Cc2cc([Si](OCC)(OCC)OCC)c3c(c2C1)CC(C(=O)OCC)(C(=O)OCC)C3. The van der Waals surface area contributed by atoms with Crippen LogP contribution >= 0.6 is 0 Å². The van der Waals surface area contributed by atoms with Crippen LogP contribution in [0, 0.1) is 10.8 Å². The highest BCUT2D eigenvalue weighted by atomic mass is 28.4. The summed E-state index contributed by atoms with van der Waals surface area (Å²) in [5.74, 6) is -2.76. The monoisotopic (exact) mass is 608 g/mol. The van der Waals surface area contributed by atoms with Crippen molar-refractivity contribution in [3.63, 3.8) is 0 Å². The van der Waals surface area contributed by atoms with Gasteiger partial charge in [0.15, 0.2) is 10.8 Å². The largest absolute Gasteiger partial charge is 0.537 e. The van der Waals surface area contributed by atoms with Crippen molar-refractivity contribution in [3.8, 4) is 0 Å². The first-order valence-electron chi connectivity index (χ1n) is 14.9. The third-order valence-corrected chi connectivity index (χ3v) is 10.8. The molecule has 1 aromatic rings. The molecule has 0 bridgehead atoms. The summed E-state index contributed by atoms with van der Waals surface area (Å²) in [5.41, 5.74) is -0.591. The molecule has 0 aliphatic heterocycles. The molecule has 0 unspecified atom stereocenters. The smallest absolute Gasteiger partial charge is 0.465 e. The zero-order valence-electron chi connectivity index (χ0n) is 25.8. The van der Waals surface area contributed by atoms with E-state index >= 15 is 0 Å². The maximum absolute atomic E-state index is 13.6. The Morgan fingerprint density at radius 2 is 0.905 bits per heavy atom. The molecule has 0 atom stereocenters. The molecular formula is C30H44O11Si. The average Bonchev–Trinajstić information content (AvgIpc) is 3.55. The van der Waals surface area contributed by atoms with Gasteiger partial charge >= 0.3 is 32.7 Å². The number of fused-ring (bicyclic) bond motifs is 3. The quantitative estimate of drug-likeness (QED) is 0.126. The summed E-state index contributed by atoms with van der Waals surface area (Å²) >= 11 is 0. The molecule has 11 nitrogen and oxygen atoms in total. The number of carbonyl (C=O) groups excluding carboxylic acids is 4. The number of hydrogen-bond acceptors (Lipinski definition) is 11. The molecule has 234 valence electrons. The van der Waals surface area contributed by atoms with E-state index in [1.54, 1.807) is 27.7 Å². The lowest BCUT2D eigenvalue weighted by Crippen LogP contribution is -2.58. The lowest BCUT2D eigenvalue weighted by Gasteiger charge is -2.31. The highest BCUT2D eigenvalue weighted by Gasteiger charge is 2.60. The molecule has 0 aromatic heterocycles. The van der Waals surface area contributed by atoms with Crippen molar-refractivity contribution in [2.24, 2.45) is 10.8 Å². The van der Waals surface area contributed by atoms with E-state index in [2.05, 4.69) is 0 Å². The summed E-state index contributed by atoms with van der Waals surface area (Å²) in [5, 5.41) is 0.598. The van der Waals surface area contributed by atoms with E-state index in [9.17, 15) is 19.2 Å². The van der Waals surface area contributed by atoms with Crippen molar-refractivity contribution in [1.29, 1.82) is 0 Å². The van der Waals surface area contributed by atoms with Crippen molar-refractivity contribution in [2.75, 3.05) is 46.2 Å². The molecule has 0 N–H and O–H groups in total. The number of hydrogen-bond donors (Lipinski definition) is 0. The standard InChI is InChI=1S/C30H44O11Si/c1-8-35-25(31)29(26(32)36-9-2)16-20-15-24(42(39-12-5,40-13-6)41-14-7)23-19-30(27(33)37-10-3,28(34)38-11-4)18-22(23)21(20)17-29/h15H,8-14,16-19H2,1-7H3. The van der Waals surface area contributed by atoms with Gasteiger partial charge in [0, 0.05) is 37.8 Å². The minimum Gasteiger partial charge on any atom is -0.465 e. The van der Waals surface area contributed by atoms with Crippen molar-refractivity contribution in [2.45, 2.75) is 74.1 Å². The van der Waals surface area contributed by atoms with Gasteiger partial charge in [0.1, 0.15) is 0 Å². The van der Waals surface area contributed by atoms with Gasteiger partial charge in [-0.05, 0) is 83.6 Å². The molecule has 2 aliphatic rings. The predicted molar refractivity (Wildman–Crippen MR) is 153 cm³/mol. The number of esters is 4. The first kappa shape index (κ1) is 33.7. The molecule has 0 amide bonds. The Morgan fingerprint density at radius 3 is 1.29 bits per heavy atom. The van der Waals surface area contributed by atoms with Crippen LogP contribution in [0.3, 0.4) is 0 Å². The van der Waals surface area contributed by atoms with Gasteiger partial charge in [0.2, 0.25) is 0 Å². The fourth-order valence-corrected chi connectivity index (χ4v) is 8.87. The van der Waals surface area contributed by atoms with Crippen LogP contribution in [0.5, 0.6) is 0 Å². The molecule has 0 heterocycles. The van der Waals surface area contributed by atoms with Gasteiger partial charge in [-0.3, -0.25) is 19.2 Å². The summed E-state index contributed by atoms with van der Waals surface area (Å²) < 4.78 is 40.4. The zero-order valence-corrected chi connectivity index (χ0v) is 26.8. The van der Waals surface area contributed by atoms with Crippen LogP contribution in [0.15, 0.2) is 6.07 Å². The second kappa shape index (κ2) is 14.1. The van der Waals surface area contributed by atoms with Gasteiger partial charge in [-0.15, -0.1) is 0 Å². The molecule has 2 aliphatic carbocycles. The normalized spacial score (nSPS) is 16.4. The Hall–Kier alpha value is -2.80. The number of benzene rings is 1. The van der Waals surface area contributed by atoms with Gasteiger partial charge in [0.25, 0.3) is 0 Å². The molecule has 0 saturated heterocycles. The van der Waals surface area contributed by atoms with Gasteiger partial charge in [-0.1, -0.05) is 6.07 Å². The van der Waals surface area contributed by atoms with E-state index < -0.39 is 43.5 Å². The number of rotatable bonds is 15. The number of carbonyl (C=O) groups is 4. The van der Waals surface area contributed by atoms with Crippen molar-refractivity contribution in [3.05, 3.63) is 28.3 Å². The summed E-state index contributed by atoms with van der Waals surface area (Å²) in [6.07, 6.45) is -0.0547. The highest BCUT2D eigenvalue weighted by Crippen LogP contribution is 2.48. The van der Waals surface area contributed by atoms with Crippen LogP contribution in [0.25, 0.3) is 0 Å². The Labute approximate surface area is 248 Å². The van der Waals surface area contributed by atoms with Gasteiger partial charge in [-0.2, -0.15) is 0 Å². The van der Waals surface area contributed by atoms with Crippen LogP contribution < -0.4 is 5.19 Å². The molecule has 0 radical (unpaired) electrons. The van der Waals surface area contributed by atoms with Crippen molar-refractivity contribution < 1.29 is 51.4 Å². The topological polar surface area (TPSA) is 133 Å². The molecule has 42 heavy (non-hydrogen) atoms. The fraction of sp³-hybridized carbons (Fsp3) is 0.667. The Balaban J connectivity index is 2.36. The first-order valence-corrected chi connectivity index (χ1v) is 16.6. The van der Waals surface area contributed by atoms with Gasteiger partial charge < -0.3 is 32.2 Å². The maximum atomic E-state index is 13.6. The van der Waals surface area contributed by atoms with E-state index in [0.29, 0.717) is 27.4 Å². The lowest BCUT2D eigenvalue weighted by molar-refractivity contribution is -0.173. The van der Waals surface area contributed by atoms with E-state index in [4.69, 9.17) is 32.2 Å². The molecule has 12 heteroatoms. The third kappa shape index (κ3) is 5.86. The molecular weight excluding hydrogens is 564 g/mol. The van der Waals surface area contributed by atoms with E-state index in [1.807, 2.05) is 26.8 Å². The fourth-order valence-electron chi connectivity index (χ4n) is 6.06. The third-order valence-electron chi connectivity index (χ3n) is 7.69. The van der Waals surface area contributed by atoms with Crippen LogP contribution in [-0.2, 0) is 77.1 Å². The van der Waals surface area contributed by atoms with E-state index in [1.165, 1.54) is 0 Å². The van der Waals surface area contributed by atoms with Crippen LogP contribution in [-0.4, -0.2) is 78.9 Å². The Morgan fingerprint density at radius 1 is 0.548 bits per heavy atom. The second-order valence-electron chi connectivity index (χ2n) is 10.1. The van der Waals surface area contributed by atoms with E-state index in [-0.39, 0.29) is 71.9 Å². The summed E-state index contributed by atoms with van der Waals surface area (Å²) in [6.45, 7) is 13.4. The van der Waals surface area contributed by atoms with Crippen molar-refractivity contribution >= 4 is 37.9 Å². The summed E-state index contributed by atoms with van der Waals surface area (Å²) in [4.78, 5) is 53.9. The summed E-state index contributed by atoms with van der Waals surface area (Å²) in [6, 6.07) is 1.86. The minimum atomic E-state index is -3.61. The summed E-state index contributed by atoms with van der Waals surface area (Å²) in [7, 11) is -3.61. The molecule has 0 fully saturated rings. The van der Waals surface area contributed by atoms with Gasteiger partial charge in [0.05, 0.1) is 26.4 Å². The molecule has 1 aromatic carbocycles. The Kier molecular flexibility index (Phi) is 11.3. The molecule has 0 spiro atoms. The number of ether oxygens (including phenoxy) is 4. The maximum Gasteiger partial charge on any atom is 0.537 e. The molecule has 0 saturated carbocycles. The lowest BCUT2D eigenvalue weighted by atomic mass is 9.83. The predicted octanol–water partition coefficient (Wildman–Crippen LogP) is 2.36. The zero-order chi connectivity index (χ0) is 31.1. The van der Waals surface area contributed by atoms with Crippen LogP contribution in [0.4, 0.5) is 0 Å². The molecule has 3 rings (SSSR count). The minimum absolute atomic E-state index is 0.00317. The van der Waals surface area contributed by atoms with E-state index in [0.717, 1.165) is 0 Å². The second-order valence-corrected chi connectivity index (χ2v) is 12.6. The van der Waals surface area contributed by atoms with Crippen molar-refractivity contribution in [1.82, 2.24) is 0 Å². The van der Waals surface area contributed by atoms with Crippen LogP contribution in [0.2, 0.25) is 0 Å². The first-order chi connectivity index (χ1) is 20.1. The Bertz CT molecular complexity index is 1130. The van der Waals surface area contributed by atoms with Gasteiger partial charge in [-0.25, -0.2) is 0 Å². The highest BCUT2D eigenvalue weighted by molar-refractivity contribution is 6.76.